The molecule has 5 N–H and O–H groups in total. The number of nitrogens with zero attached hydrogens (tertiary/aromatic N) is 1. The molecular weight excluding hydrogens is 458 g/mol. The fourth-order valence-electron chi connectivity index (χ4n) is 4.09. The molecule has 0 aliphatic heterocycles. The Kier molecular flexibility index (Phi) is 10.5. The highest BCUT2D eigenvalue weighted by atomic mass is 32.2. The van der Waals surface area contributed by atoms with Crippen molar-refractivity contribution in [1.82, 2.24) is 9.97 Å². The molecule has 1 heterocycles. The number of fused-ring (bicyclic) bond motifs is 1. The first-order valence-electron chi connectivity index (χ1n) is 12.0. The topological polar surface area (TPSA) is 156 Å². The molecule has 0 bridgehead atoms. The lowest BCUT2D eigenvalue weighted by atomic mass is 9.90. The molecule has 0 radical (unpaired) electrons. The maximum absolute atomic E-state index is 12.4. The summed E-state index contributed by atoms with van der Waals surface area (Å²) >= 11 is 0. The Morgan fingerprint density at radius 3 is 2.50 bits per heavy atom. The van der Waals surface area contributed by atoms with Crippen molar-refractivity contribution in [1.29, 1.82) is 0 Å². The molecule has 0 spiro atoms. The molecule has 0 saturated heterocycles. The predicted octanol–water partition coefficient (Wildman–Crippen LogP) is 2.04. The van der Waals surface area contributed by atoms with E-state index in [1.54, 1.807) is 0 Å². The molecule has 192 valence electrons. The van der Waals surface area contributed by atoms with Crippen molar-refractivity contribution in [3.05, 3.63) is 29.6 Å². The predicted molar refractivity (Wildman–Crippen MR) is 132 cm³/mol. The highest BCUT2D eigenvalue weighted by Gasteiger charge is 2.48. The summed E-state index contributed by atoms with van der Waals surface area (Å²) in [5, 5.41) is 21.3. The van der Waals surface area contributed by atoms with Crippen LogP contribution in [0.5, 0.6) is 0 Å². The molecule has 10 heteroatoms. The quantitative estimate of drug-likeness (QED) is 0.215. The number of ether oxygens (including phenoxy) is 1. The van der Waals surface area contributed by atoms with Gasteiger partial charge in [-0.2, -0.15) is 0 Å². The molecule has 9 nitrogen and oxygen atoms in total. The van der Waals surface area contributed by atoms with Gasteiger partial charge < -0.3 is 25.7 Å². The van der Waals surface area contributed by atoms with Gasteiger partial charge in [0.1, 0.15) is 21.8 Å². The number of aromatic amines is 1. The summed E-state index contributed by atoms with van der Waals surface area (Å²) in [6.45, 7) is 3.70. The van der Waals surface area contributed by atoms with Gasteiger partial charge in [-0.05, 0) is 37.5 Å². The highest BCUT2D eigenvalue weighted by Crippen LogP contribution is 2.21. The van der Waals surface area contributed by atoms with Gasteiger partial charge in [0, 0.05) is 12.7 Å². The zero-order chi connectivity index (χ0) is 25.4. The number of hydrogen-bond donors (Lipinski definition) is 4. The van der Waals surface area contributed by atoms with E-state index in [0.29, 0.717) is 11.3 Å². The van der Waals surface area contributed by atoms with Crippen molar-refractivity contribution in [2.45, 2.75) is 83.0 Å². The molecule has 34 heavy (non-hydrogen) atoms. The van der Waals surface area contributed by atoms with Crippen LogP contribution in [-0.2, 0) is 32.2 Å². The van der Waals surface area contributed by atoms with Crippen LogP contribution in [0.2, 0.25) is 0 Å². The van der Waals surface area contributed by atoms with Gasteiger partial charge in [-0.1, -0.05) is 45.1 Å². The Labute approximate surface area is 202 Å². The number of nitrogens with two attached hydrogens (primary N) is 1. The molecule has 0 saturated carbocycles. The van der Waals surface area contributed by atoms with E-state index in [-0.39, 0.29) is 13.0 Å². The number of rotatable bonds is 15. The fourth-order valence-corrected chi connectivity index (χ4v) is 5.24. The average molecular weight is 498 g/mol. The van der Waals surface area contributed by atoms with Crippen LogP contribution in [0.15, 0.2) is 18.2 Å². The van der Waals surface area contributed by atoms with Crippen LogP contribution in [0.3, 0.4) is 0 Å². The number of carbonyl (C=O) groups excluding carboxylic acids is 1. The lowest BCUT2D eigenvalue weighted by Gasteiger charge is -2.33. The van der Waals surface area contributed by atoms with Gasteiger partial charge in [-0.25, -0.2) is 18.2 Å². The molecule has 0 fully saturated rings. The first-order valence-corrected chi connectivity index (χ1v) is 14.0. The number of aromatic nitrogens is 2. The molecular formula is C24H39N3O6S. The number of aliphatic hydroxyl groups excluding tert-OH is 2. The van der Waals surface area contributed by atoms with Gasteiger partial charge in [0.05, 0.1) is 29.5 Å². The van der Waals surface area contributed by atoms with Gasteiger partial charge in [0.25, 0.3) is 0 Å². The first-order chi connectivity index (χ1) is 16.0. The van der Waals surface area contributed by atoms with Crippen molar-refractivity contribution < 1.29 is 28.2 Å². The summed E-state index contributed by atoms with van der Waals surface area (Å²) < 4.78 is 28.5. The van der Waals surface area contributed by atoms with Crippen LogP contribution in [0, 0.1) is 0 Å². The Hall–Kier alpha value is -2.01. The van der Waals surface area contributed by atoms with E-state index in [1.807, 2.05) is 18.2 Å². The third kappa shape index (κ3) is 8.04. The number of unbranched alkanes of at least 4 members (excludes halogenated alkanes) is 5. The summed E-state index contributed by atoms with van der Waals surface area (Å²) in [4.78, 5) is 20.0. The third-order valence-electron chi connectivity index (χ3n) is 5.87. The van der Waals surface area contributed by atoms with Crippen LogP contribution in [0.4, 0.5) is 0 Å². The van der Waals surface area contributed by atoms with Crippen LogP contribution >= 0.6 is 0 Å². The second kappa shape index (κ2) is 12.6. The second-order valence-corrected chi connectivity index (χ2v) is 11.2. The molecule has 2 rings (SSSR count). The van der Waals surface area contributed by atoms with E-state index >= 15 is 0 Å². The minimum atomic E-state index is -3.76. The van der Waals surface area contributed by atoms with Crippen molar-refractivity contribution in [2.24, 2.45) is 5.73 Å². The van der Waals surface area contributed by atoms with Gasteiger partial charge in [-0.3, -0.25) is 0 Å². The molecule has 2 aromatic rings. The zero-order valence-electron chi connectivity index (χ0n) is 20.4. The number of aliphatic hydroxyl groups is 2. The van der Waals surface area contributed by atoms with Crippen molar-refractivity contribution >= 4 is 26.8 Å². The molecule has 0 aliphatic carbocycles. The van der Waals surface area contributed by atoms with Crippen LogP contribution < -0.4 is 5.73 Å². The number of aryl methyl sites for hydroxylation is 1. The number of carbonyl (C=O) groups is 1. The monoisotopic (exact) mass is 497 g/mol. The van der Waals surface area contributed by atoms with E-state index in [2.05, 4.69) is 16.9 Å². The number of imidazole rings is 1. The lowest BCUT2D eigenvalue weighted by molar-refractivity contribution is -0.156. The number of sulfone groups is 1. The smallest absolute Gasteiger partial charge is 0.329 e. The van der Waals surface area contributed by atoms with E-state index in [1.165, 1.54) is 44.6 Å². The summed E-state index contributed by atoms with van der Waals surface area (Å²) in [7, 11) is -3.76. The zero-order valence-corrected chi connectivity index (χ0v) is 21.2. The number of hydrogen-bond acceptors (Lipinski definition) is 8. The van der Waals surface area contributed by atoms with Gasteiger partial charge in [0.15, 0.2) is 5.54 Å². The van der Waals surface area contributed by atoms with E-state index < -0.39 is 39.3 Å². The van der Waals surface area contributed by atoms with E-state index in [0.717, 1.165) is 24.6 Å². The standard InChI is InChI=1S/C24H39N3O6S/c1-4-6-7-8-9-10-11-17-12-13-18-19(14-17)27-21(26-18)15-20(28)22(29)24(25,16-34(3,31)32)23(30)33-5-2/h12-14,20,22,28-29H,4-11,15-16,25H2,1-3H3,(H,26,27). The average Bonchev–Trinajstić information content (AvgIpc) is 3.15. The maximum Gasteiger partial charge on any atom is 0.329 e. The molecule has 0 aliphatic rings. The largest absolute Gasteiger partial charge is 0.465 e. The molecule has 3 unspecified atom stereocenters. The Morgan fingerprint density at radius 2 is 1.85 bits per heavy atom. The van der Waals surface area contributed by atoms with E-state index in [4.69, 9.17) is 10.5 Å². The van der Waals surface area contributed by atoms with Crippen molar-refractivity contribution in [3.8, 4) is 0 Å². The summed E-state index contributed by atoms with van der Waals surface area (Å²) in [6, 6.07) is 5.96. The number of H-pyrrole nitrogens is 1. The highest BCUT2D eigenvalue weighted by molar-refractivity contribution is 7.90. The normalized spacial score (nSPS) is 15.7. The van der Waals surface area contributed by atoms with E-state index in [9.17, 15) is 23.4 Å². The minimum absolute atomic E-state index is 0.0466. The summed E-state index contributed by atoms with van der Waals surface area (Å²) in [5.74, 6) is -1.56. The molecule has 1 aromatic carbocycles. The summed E-state index contributed by atoms with van der Waals surface area (Å²) in [6.07, 6.45) is 5.66. The van der Waals surface area contributed by atoms with Crippen molar-refractivity contribution in [2.75, 3.05) is 18.6 Å². The van der Waals surface area contributed by atoms with Gasteiger partial charge in [0.2, 0.25) is 0 Å². The fraction of sp³-hybridized carbons (Fsp3) is 0.667. The SMILES string of the molecule is CCCCCCCCc1ccc2nc(CC(O)C(O)C(N)(CS(C)(=O)=O)C(=O)OCC)[nH]c2c1. The number of nitrogens with one attached hydrogen (secondary N) is 1. The second-order valence-electron chi connectivity index (χ2n) is 9.10. The Bertz CT molecular complexity index is 1040. The lowest BCUT2D eigenvalue weighted by Crippen LogP contribution is -2.65. The van der Waals surface area contributed by atoms with Gasteiger partial charge >= 0.3 is 5.97 Å². The number of benzene rings is 1. The summed E-state index contributed by atoms with van der Waals surface area (Å²) in [5.41, 5.74) is 6.40. The Morgan fingerprint density at radius 1 is 1.18 bits per heavy atom. The van der Waals surface area contributed by atoms with Crippen molar-refractivity contribution in [3.63, 3.8) is 0 Å². The minimum Gasteiger partial charge on any atom is -0.465 e. The molecule has 3 atom stereocenters. The first kappa shape index (κ1) is 28.2. The number of esters is 1. The van der Waals surface area contributed by atoms with Crippen LogP contribution in [0.1, 0.15) is 63.8 Å². The molecule has 0 amide bonds. The Balaban J connectivity index is 2.08. The van der Waals surface area contributed by atoms with Crippen LogP contribution in [-0.4, -0.2) is 70.9 Å². The maximum atomic E-state index is 12.4. The molecule has 1 aromatic heterocycles. The van der Waals surface area contributed by atoms with Gasteiger partial charge in [-0.15, -0.1) is 0 Å². The third-order valence-corrected chi connectivity index (χ3v) is 6.87. The van der Waals surface area contributed by atoms with Crippen LogP contribution in [0.25, 0.3) is 11.0 Å².